The van der Waals surface area contributed by atoms with Crippen molar-refractivity contribution in [1.29, 1.82) is 0 Å². The van der Waals surface area contributed by atoms with E-state index < -0.39 is 4.65 Å². The SMILES string of the molecule is Cc1ccc(O)c([N+]2([O-])C=NCC2)c1. The molecule has 1 N–H and O–H groups in total. The van der Waals surface area contributed by atoms with Gasteiger partial charge in [0.25, 0.3) is 0 Å². The highest BCUT2D eigenvalue weighted by Gasteiger charge is 2.25. The average Bonchev–Trinajstić information content (AvgIpc) is 2.58. The molecule has 4 nitrogen and oxygen atoms in total. The van der Waals surface area contributed by atoms with Crippen LogP contribution in [0.4, 0.5) is 5.69 Å². The number of nitrogens with zero attached hydrogens (tertiary/aromatic N) is 2. The number of hydroxylamine groups is 2. The molecule has 1 unspecified atom stereocenters. The van der Waals surface area contributed by atoms with Crippen LogP contribution in [-0.2, 0) is 0 Å². The van der Waals surface area contributed by atoms with Gasteiger partial charge in [-0.1, -0.05) is 6.07 Å². The Kier molecular flexibility index (Phi) is 2.02. The summed E-state index contributed by atoms with van der Waals surface area (Å²) >= 11 is 0. The van der Waals surface area contributed by atoms with Gasteiger partial charge in [0.2, 0.25) is 0 Å². The molecule has 0 saturated heterocycles. The number of phenolic OH excluding ortho intramolecular Hbond substituents is 1. The van der Waals surface area contributed by atoms with Crippen molar-refractivity contribution in [3.05, 3.63) is 29.0 Å². The smallest absolute Gasteiger partial charge is 0.190 e. The summed E-state index contributed by atoms with van der Waals surface area (Å²) in [6.45, 7) is 2.79. The second kappa shape index (κ2) is 3.08. The van der Waals surface area contributed by atoms with E-state index in [2.05, 4.69) is 4.99 Å². The number of quaternary nitrogens is 1. The fourth-order valence-electron chi connectivity index (χ4n) is 1.57. The van der Waals surface area contributed by atoms with Crippen molar-refractivity contribution in [3.63, 3.8) is 0 Å². The lowest BCUT2D eigenvalue weighted by Crippen LogP contribution is -2.39. The molecule has 1 aromatic carbocycles. The highest BCUT2D eigenvalue weighted by molar-refractivity contribution is 5.79. The van der Waals surface area contributed by atoms with Gasteiger partial charge in [0.15, 0.2) is 17.8 Å². The van der Waals surface area contributed by atoms with Crippen LogP contribution in [0, 0.1) is 12.1 Å². The summed E-state index contributed by atoms with van der Waals surface area (Å²) in [5, 5.41) is 21.7. The molecule has 74 valence electrons. The first-order valence-electron chi connectivity index (χ1n) is 4.52. The Morgan fingerprint density at radius 3 is 2.93 bits per heavy atom. The number of hydrogen-bond donors (Lipinski definition) is 1. The van der Waals surface area contributed by atoms with Crippen molar-refractivity contribution in [2.75, 3.05) is 13.1 Å². The van der Waals surface area contributed by atoms with Gasteiger partial charge in [0.05, 0.1) is 6.54 Å². The number of aromatic hydroxyl groups is 1. The Morgan fingerprint density at radius 2 is 2.29 bits per heavy atom. The van der Waals surface area contributed by atoms with Crippen LogP contribution in [0.25, 0.3) is 0 Å². The lowest BCUT2D eigenvalue weighted by molar-refractivity contribution is 0.457. The normalized spacial score (nSPS) is 25.6. The molecule has 14 heavy (non-hydrogen) atoms. The van der Waals surface area contributed by atoms with Gasteiger partial charge in [-0.2, -0.15) is 0 Å². The van der Waals surface area contributed by atoms with Crippen molar-refractivity contribution in [2.45, 2.75) is 6.92 Å². The quantitative estimate of drug-likeness (QED) is 0.542. The summed E-state index contributed by atoms with van der Waals surface area (Å²) in [6.07, 6.45) is 1.34. The van der Waals surface area contributed by atoms with Gasteiger partial charge < -0.3 is 10.3 Å². The molecule has 1 atom stereocenters. The van der Waals surface area contributed by atoms with Gasteiger partial charge in [-0.15, -0.1) is 0 Å². The van der Waals surface area contributed by atoms with Crippen molar-refractivity contribution in [2.24, 2.45) is 4.99 Å². The minimum atomic E-state index is -0.645. The van der Waals surface area contributed by atoms with Crippen LogP contribution >= 0.6 is 0 Å². The van der Waals surface area contributed by atoms with Crippen LogP contribution in [0.5, 0.6) is 5.75 Å². The van der Waals surface area contributed by atoms with Gasteiger partial charge in [0, 0.05) is 6.07 Å². The zero-order valence-corrected chi connectivity index (χ0v) is 7.97. The first kappa shape index (κ1) is 9.18. The first-order valence-corrected chi connectivity index (χ1v) is 4.52. The molecule has 1 aliphatic rings. The van der Waals surface area contributed by atoms with E-state index in [0.717, 1.165) is 5.56 Å². The van der Waals surface area contributed by atoms with Gasteiger partial charge in [-0.05, 0) is 18.6 Å². The molecule has 2 rings (SSSR count). The van der Waals surface area contributed by atoms with Crippen LogP contribution in [0.1, 0.15) is 5.56 Å². The minimum absolute atomic E-state index is 0.0407. The Balaban J connectivity index is 2.49. The number of hydrogen-bond acceptors (Lipinski definition) is 3. The molecule has 0 radical (unpaired) electrons. The Labute approximate surface area is 82.3 Å². The summed E-state index contributed by atoms with van der Waals surface area (Å²) in [5.74, 6) is 0.0407. The number of rotatable bonds is 1. The average molecular weight is 192 g/mol. The van der Waals surface area contributed by atoms with Crippen molar-refractivity contribution in [1.82, 2.24) is 4.65 Å². The van der Waals surface area contributed by atoms with Crippen molar-refractivity contribution < 1.29 is 5.11 Å². The monoisotopic (exact) mass is 192 g/mol. The van der Waals surface area contributed by atoms with E-state index in [1.54, 1.807) is 18.2 Å². The standard InChI is InChI=1S/C10H12N2O2/c1-8-2-3-10(13)9(6-8)12(14)5-4-11-7-12/h2-3,6-7,13H,4-5H2,1H3. The predicted octanol–water partition coefficient (Wildman–Crippen LogP) is 1.55. The number of aryl methyl sites for hydroxylation is 1. The van der Waals surface area contributed by atoms with E-state index >= 15 is 0 Å². The van der Waals surface area contributed by atoms with Crippen LogP contribution < -0.4 is 4.65 Å². The first-order chi connectivity index (χ1) is 6.62. The van der Waals surface area contributed by atoms with E-state index in [4.69, 9.17) is 0 Å². The number of phenols is 1. The molecule has 1 heterocycles. The summed E-state index contributed by atoms with van der Waals surface area (Å²) in [7, 11) is 0. The van der Waals surface area contributed by atoms with E-state index in [9.17, 15) is 10.3 Å². The van der Waals surface area contributed by atoms with Gasteiger partial charge in [-0.25, -0.2) is 4.99 Å². The summed E-state index contributed by atoms with van der Waals surface area (Å²) in [6, 6.07) is 5.03. The van der Waals surface area contributed by atoms with E-state index in [1.807, 2.05) is 6.92 Å². The molecule has 0 amide bonds. The van der Waals surface area contributed by atoms with Gasteiger partial charge in [0.1, 0.15) is 6.54 Å². The number of benzene rings is 1. The molecule has 4 heteroatoms. The topological polar surface area (TPSA) is 55.6 Å². The zero-order chi connectivity index (χ0) is 10.2. The zero-order valence-electron chi connectivity index (χ0n) is 7.97. The summed E-state index contributed by atoms with van der Waals surface area (Å²) in [5.41, 5.74) is 1.35. The fraction of sp³-hybridized carbons (Fsp3) is 0.300. The molecular weight excluding hydrogens is 180 g/mol. The molecule has 0 saturated carbocycles. The maximum absolute atomic E-state index is 12.1. The fourth-order valence-corrected chi connectivity index (χ4v) is 1.57. The summed E-state index contributed by atoms with van der Waals surface area (Å²) in [4.78, 5) is 3.91. The van der Waals surface area contributed by atoms with Gasteiger partial charge >= 0.3 is 0 Å². The molecule has 0 aliphatic carbocycles. The largest absolute Gasteiger partial charge is 0.621 e. The Hall–Kier alpha value is -1.39. The third-order valence-corrected chi connectivity index (χ3v) is 2.37. The van der Waals surface area contributed by atoms with Crippen LogP contribution in [0.3, 0.4) is 0 Å². The number of aliphatic imine (C=N–C) groups is 1. The van der Waals surface area contributed by atoms with Gasteiger partial charge in [-0.3, -0.25) is 4.65 Å². The third-order valence-electron chi connectivity index (χ3n) is 2.37. The maximum atomic E-state index is 12.1. The lowest BCUT2D eigenvalue weighted by Gasteiger charge is -2.33. The van der Waals surface area contributed by atoms with E-state index in [-0.39, 0.29) is 5.75 Å². The molecule has 0 aromatic heterocycles. The molecule has 0 spiro atoms. The van der Waals surface area contributed by atoms with Crippen LogP contribution in [0.15, 0.2) is 23.2 Å². The second-order valence-electron chi connectivity index (χ2n) is 3.53. The van der Waals surface area contributed by atoms with Crippen molar-refractivity contribution in [3.8, 4) is 5.75 Å². The molecule has 0 bridgehead atoms. The predicted molar refractivity (Wildman–Crippen MR) is 56.2 cm³/mol. The molecule has 0 fully saturated rings. The third kappa shape index (κ3) is 1.38. The van der Waals surface area contributed by atoms with Crippen molar-refractivity contribution >= 4 is 12.0 Å². The van der Waals surface area contributed by atoms with E-state index in [0.29, 0.717) is 18.8 Å². The van der Waals surface area contributed by atoms with Crippen LogP contribution in [0.2, 0.25) is 0 Å². The van der Waals surface area contributed by atoms with E-state index in [1.165, 1.54) is 6.34 Å². The minimum Gasteiger partial charge on any atom is -0.621 e. The molecular formula is C10H12N2O2. The summed E-state index contributed by atoms with van der Waals surface area (Å²) < 4.78 is -0.645. The highest BCUT2D eigenvalue weighted by atomic mass is 16.5. The lowest BCUT2D eigenvalue weighted by atomic mass is 10.2. The molecule has 1 aliphatic heterocycles. The molecule has 1 aromatic rings. The maximum Gasteiger partial charge on any atom is 0.190 e. The second-order valence-corrected chi connectivity index (χ2v) is 3.53. The van der Waals surface area contributed by atoms with Crippen LogP contribution in [-0.4, -0.2) is 24.5 Å². The Morgan fingerprint density at radius 1 is 1.50 bits per heavy atom. The Bertz CT molecular complexity index is 390. The highest BCUT2D eigenvalue weighted by Crippen LogP contribution is 2.33.